The second kappa shape index (κ2) is 7.32. The second-order valence-corrected chi connectivity index (χ2v) is 7.49. The summed E-state index contributed by atoms with van der Waals surface area (Å²) in [6.07, 6.45) is 0.0990. The van der Waals surface area contributed by atoms with Crippen LogP contribution in [0.2, 0.25) is 0 Å². The molecule has 4 N–H and O–H groups in total. The molecule has 0 radical (unpaired) electrons. The van der Waals surface area contributed by atoms with Crippen molar-refractivity contribution < 1.29 is 14.7 Å². The molecule has 1 unspecified atom stereocenters. The van der Waals surface area contributed by atoms with E-state index in [-0.39, 0.29) is 30.2 Å². The number of hydrazine groups is 2. The molecule has 0 bridgehead atoms. The molecule has 140 valence electrons. The summed E-state index contributed by atoms with van der Waals surface area (Å²) in [4.78, 5) is 28.1. The van der Waals surface area contributed by atoms with Gasteiger partial charge < -0.3 is 10.0 Å². The lowest BCUT2D eigenvalue weighted by atomic mass is 9.87. The van der Waals surface area contributed by atoms with Gasteiger partial charge in [0, 0.05) is 38.8 Å². The summed E-state index contributed by atoms with van der Waals surface area (Å²) in [6.45, 7) is 3.85. The molecule has 3 heterocycles. The highest BCUT2D eigenvalue weighted by atomic mass is 16.4. The third kappa shape index (κ3) is 3.59. The Labute approximate surface area is 152 Å². The Balaban J connectivity index is 1.38. The van der Waals surface area contributed by atoms with Crippen molar-refractivity contribution in [2.45, 2.75) is 25.6 Å². The number of hydrogen-bond acceptors (Lipinski definition) is 6. The van der Waals surface area contributed by atoms with E-state index in [1.54, 1.807) is 0 Å². The predicted octanol–water partition coefficient (Wildman–Crippen LogP) is -0.467. The van der Waals surface area contributed by atoms with Gasteiger partial charge in [-0.3, -0.25) is 14.5 Å². The van der Waals surface area contributed by atoms with E-state index in [1.165, 1.54) is 11.1 Å². The summed E-state index contributed by atoms with van der Waals surface area (Å²) in [6, 6.07) is 8.42. The van der Waals surface area contributed by atoms with Crippen LogP contribution in [0, 0.1) is 11.8 Å². The molecule has 3 aliphatic rings. The highest BCUT2D eigenvalue weighted by molar-refractivity contribution is 5.79. The summed E-state index contributed by atoms with van der Waals surface area (Å²) >= 11 is 0. The van der Waals surface area contributed by atoms with Crippen molar-refractivity contribution in [2.24, 2.45) is 11.8 Å². The van der Waals surface area contributed by atoms with E-state index in [4.69, 9.17) is 0 Å². The quantitative estimate of drug-likeness (QED) is 0.564. The van der Waals surface area contributed by atoms with Gasteiger partial charge in [-0.05, 0) is 23.0 Å². The molecular formula is C18H25N5O3. The minimum Gasteiger partial charge on any atom is -0.481 e. The number of nitrogens with zero attached hydrogens (tertiary/aromatic N) is 2. The van der Waals surface area contributed by atoms with Crippen molar-refractivity contribution >= 4 is 11.9 Å². The van der Waals surface area contributed by atoms with Gasteiger partial charge in [0.2, 0.25) is 5.91 Å². The zero-order valence-electron chi connectivity index (χ0n) is 14.6. The monoisotopic (exact) mass is 359 g/mol. The molecule has 3 aliphatic heterocycles. The smallest absolute Gasteiger partial charge is 0.303 e. The first-order valence-corrected chi connectivity index (χ1v) is 9.12. The van der Waals surface area contributed by atoms with Crippen molar-refractivity contribution in [3.05, 3.63) is 35.4 Å². The number of rotatable bonds is 5. The Morgan fingerprint density at radius 3 is 2.50 bits per heavy atom. The van der Waals surface area contributed by atoms with Gasteiger partial charge in [-0.2, -0.15) is 5.53 Å². The zero-order valence-corrected chi connectivity index (χ0v) is 14.6. The van der Waals surface area contributed by atoms with Crippen LogP contribution in [0.15, 0.2) is 24.3 Å². The molecule has 3 atom stereocenters. The Morgan fingerprint density at radius 2 is 1.88 bits per heavy atom. The summed E-state index contributed by atoms with van der Waals surface area (Å²) in [5, 5.41) is 9.23. The number of amides is 1. The third-order valence-electron chi connectivity index (χ3n) is 5.73. The zero-order chi connectivity index (χ0) is 18.1. The highest BCUT2D eigenvalue weighted by Crippen LogP contribution is 2.30. The molecule has 1 aromatic carbocycles. The fourth-order valence-corrected chi connectivity index (χ4v) is 4.42. The molecule has 8 nitrogen and oxygen atoms in total. The molecule has 4 rings (SSSR count). The standard InChI is InChI=1S/C18H25N5O3/c24-17(11-22-7-12-3-1-2-4-13(12)8-22)23-9-14(5-18(25)26)15(10-23)16-6-19-21-20-16/h1-4,14-16,19-21H,5-11H2,(H,25,26)/t14-,15+,16?/m1/s1. The van der Waals surface area contributed by atoms with Crippen LogP contribution in [0.4, 0.5) is 0 Å². The van der Waals surface area contributed by atoms with Crippen LogP contribution < -0.4 is 16.4 Å². The topological polar surface area (TPSA) is 96.9 Å². The van der Waals surface area contributed by atoms with Crippen LogP contribution in [0.1, 0.15) is 17.5 Å². The van der Waals surface area contributed by atoms with Crippen molar-refractivity contribution in [3.8, 4) is 0 Å². The number of carbonyl (C=O) groups excluding carboxylic acids is 1. The van der Waals surface area contributed by atoms with E-state index in [2.05, 4.69) is 33.4 Å². The molecular weight excluding hydrogens is 334 g/mol. The van der Waals surface area contributed by atoms with Crippen molar-refractivity contribution in [1.82, 2.24) is 26.2 Å². The Hall–Kier alpha value is -2.00. The molecule has 0 aliphatic carbocycles. The molecule has 0 saturated carbocycles. The van der Waals surface area contributed by atoms with Crippen LogP contribution in [0.5, 0.6) is 0 Å². The predicted molar refractivity (Wildman–Crippen MR) is 94.4 cm³/mol. The maximum absolute atomic E-state index is 12.8. The van der Waals surface area contributed by atoms with E-state index in [9.17, 15) is 14.7 Å². The van der Waals surface area contributed by atoms with Crippen molar-refractivity contribution in [2.75, 3.05) is 26.2 Å². The summed E-state index contributed by atoms with van der Waals surface area (Å²) < 4.78 is 0. The summed E-state index contributed by atoms with van der Waals surface area (Å²) in [7, 11) is 0. The van der Waals surface area contributed by atoms with Crippen molar-refractivity contribution in [1.29, 1.82) is 0 Å². The van der Waals surface area contributed by atoms with Gasteiger partial charge in [0.1, 0.15) is 0 Å². The van der Waals surface area contributed by atoms with E-state index in [0.29, 0.717) is 19.6 Å². The first-order chi connectivity index (χ1) is 12.6. The third-order valence-corrected chi connectivity index (χ3v) is 5.73. The van der Waals surface area contributed by atoms with Crippen LogP contribution in [0.3, 0.4) is 0 Å². The SMILES string of the molecule is O=C(O)C[C@@H]1CN(C(=O)CN2Cc3ccccc3C2)C[C@@H]1C1CNNN1. The lowest BCUT2D eigenvalue weighted by Crippen LogP contribution is -2.42. The van der Waals surface area contributed by atoms with E-state index >= 15 is 0 Å². The van der Waals surface area contributed by atoms with Gasteiger partial charge in [-0.1, -0.05) is 24.3 Å². The average Bonchev–Trinajstić information content (AvgIpc) is 3.32. The number of likely N-dealkylation sites (tertiary alicyclic amines) is 1. The maximum atomic E-state index is 12.8. The second-order valence-electron chi connectivity index (χ2n) is 7.49. The van der Waals surface area contributed by atoms with Gasteiger partial charge in [-0.25, -0.2) is 10.9 Å². The average molecular weight is 359 g/mol. The van der Waals surface area contributed by atoms with Gasteiger partial charge in [0.15, 0.2) is 0 Å². The fourth-order valence-electron chi connectivity index (χ4n) is 4.42. The Kier molecular flexibility index (Phi) is 4.90. The molecule has 1 amide bonds. The van der Waals surface area contributed by atoms with Crippen molar-refractivity contribution in [3.63, 3.8) is 0 Å². The Morgan fingerprint density at radius 1 is 1.15 bits per heavy atom. The van der Waals surface area contributed by atoms with Crippen LogP contribution in [0.25, 0.3) is 0 Å². The number of carbonyl (C=O) groups is 2. The number of fused-ring (bicyclic) bond motifs is 1. The Bertz CT molecular complexity index is 666. The molecule has 0 aromatic heterocycles. The van der Waals surface area contributed by atoms with Crippen LogP contribution in [-0.4, -0.2) is 59.0 Å². The number of nitrogens with one attached hydrogen (secondary N) is 3. The lowest BCUT2D eigenvalue weighted by molar-refractivity contribution is -0.138. The normalized spacial score (nSPS) is 28.5. The lowest BCUT2D eigenvalue weighted by Gasteiger charge is -2.22. The maximum Gasteiger partial charge on any atom is 0.303 e. The van der Waals surface area contributed by atoms with E-state index in [0.717, 1.165) is 19.6 Å². The minimum absolute atomic E-state index is 0.0218. The highest BCUT2D eigenvalue weighted by Gasteiger charge is 2.41. The fraction of sp³-hybridized carbons (Fsp3) is 0.556. The van der Waals surface area contributed by atoms with Crippen LogP contribution >= 0.6 is 0 Å². The molecule has 8 heteroatoms. The summed E-state index contributed by atoms with van der Waals surface area (Å²) in [5.74, 6) is -0.599. The van der Waals surface area contributed by atoms with Gasteiger partial charge in [-0.15, -0.1) is 0 Å². The first kappa shape index (κ1) is 17.4. The van der Waals surface area contributed by atoms with Gasteiger partial charge in [0.25, 0.3) is 0 Å². The molecule has 2 saturated heterocycles. The van der Waals surface area contributed by atoms with E-state index in [1.807, 2.05) is 17.0 Å². The number of carboxylic acid groups (broad SMARTS) is 1. The van der Waals surface area contributed by atoms with E-state index < -0.39 is 5.97 Å². The first-order valence-electron chi connectivity index (χ1n) is 9.12. The van der Waals surface area contributed by atoms with Gasteiger partial charge >= 0.3 is 5.97 Å². The summed E-state index contributed by atoms with van der Waals surface area (Å²) in [5.41, 5.74) is 11.6. The minimum atomic E-state index is -0.803. The largest absolute Gasteiger partial charge is 0.481 e. The molecule has 2 fully saturated rings. The van der Waals surface area contributed by atoms with Gasteiger partial charge in [0.05, 0.1) is 13.0 Å². The number of aliphatic carboxylic acids is 1. The number of benzene rings is 1. The van der Waals surface area contributed by atoms with Crippen LogP contribution in [-0.2, 0) is 22.7 Å². The molecule has 0 spiro atoms. The number of carboxylic acids is 1. The molecule has 1 aromatic rings. The molecule has 26 heavy (non-hydrogen) atoms. The number of hydrogen-bond donors (Lipinski definition) is 4.